The highest BCUT2D eigenvalue weighted by Gasteiger charge is 2.08. The highest BCUT2D eigenvalue weighted by molar-refractivity contribution is 7.99. The molecule has 1 amide bonds. The second-order valence-corrected chi connectivity index (χ2v) is 6.55. The third-order valence-electron chi connectivity index (χ3n) is 2.88. The van der Waals surface area contributed by atoms with E-state index in [1.807, 2.05) is 42.1 Å². The van der Waals surface area contributed by atoms with Crippen molar-refractivity contribution in [2.45, 2.75) is 11.6 Å². The van der Waals surface area contributed by atoms with Crippen LogP contribution in [-0.2, 0) is 11.8 Å². The van der Waals surface area contributed by atoms with E-state index in [0.717, 1.165) is 15.4 Å². The average Bonchev–Trinajstić information content (AvgIpc) is 3.04. The maximum absolute atomic E-state index is 11.9. The lowest BCUT2D eigenvalue weighted by Gasteiger charge is -2.02. The largest absolute Gasteiger partial charge is 0.329 e. The fraction of sp³-hybridized carbons (Fsp3) is 0.214. The van der Waals surface area contributed by atoms with Crippen LogP contribution in [0.1, 0.15) is 6.42 Å². The van der Waals surface area contributed by atoms with Crippen LogP contribution in [0.5, 0.6) is 0 Å². The Hall–Kier alpha value is -1.86. The van der Waals surface area contributed by atoms with Crippen LogP contribution in [0.3, 0.4) is 0 Å². The van der Waals surface area contributed by atoms with Gasteiger partial charge in [-0.3, -0.25) is 4.79 Å². The monoisotopic (exact) mass is 318 g/mol. The van der Waals surface area contributed by atoms with Gasteiger partial charge in [0.2, 0.25) is 5.91 Å². The number of anilines is 1. The van der Waals surface area contributed by atoms with Gasteiger partial charge in [0.15, 0.2) is 10.3 Å². The molecule has 1 aromatic carbocycles. The quantitative estimate of drug-likeness (QED) is 0.734. The lowest BCUT2D eigenvalue weighted by molar-refractivity contribution is -0.115. The molecule has 0 atom stereocenters. The van der Waals surface area contributed by atoms with Crippen LogP contribution in [0.4, 0.5) is 5.13 Å². The normalized spacial score (nSPS) is 10.9. The van der Waals surface area contributed by atoms with E-state index in [0.29, 0.717) is 17.3 Å². The van der Waals surface area contributed by atoms with E-state index in [1.54, 1.807) is 18.0 Å². The van der Waals surface area contributed by atoms with Crippen LogP contribution in [0.2, 0.25) is 0 Å². The zero-order valence-corrected chi connectivity index (χ0v) is 13.1. The molecule has 3 rings (SSSR count). The number of aryl methyl sites for hydroxylation is 1. The van der Waals surface area contributed by atoms with Crippen molar-refractivity contribution >= 4 is 44.4 Å². The Labute approximate surface area is 130 Å². The molecule has 0 unspecified atom stereocenters. The first kappa shape index (κ1) is 14.1. The van der Waals surface area contributed by atoms with Gasteiger partial charge in [-0.15, -0.1) is 0 Å². The fourth-order valence-electron chi connectivity index (χ4n) is 1.83. The molecule has 0 saturated heterocycles. The van der Waals surface area contributed by atoms with Crippen LogP contribution in [-0.4, -0.2) is 26.2 Å². The lowest BCUT2D eigenvalue weighted by Crippen LogP contribution is -2.12. The predicted molar refractivity (Wildman–Crippen MR) is 86.8 cm³/mol. The van der Waals surface area contributed by atoms with E-state index in [4.69, 9.17) is 0 Å². The first-order valence-electron chi connectivity index (χ1n) is 6.48. The molecule has 0 aliphatic heterocycles. The number of para-hydroxylation sites is 1. The molecule has 0 aliphatic rings. The van der Waals surface area contributed by atoms with Crippen LogP contribution < -0.4 is 5.32 Å². The molecule has 0 aliphatic carbocycles. The fourth-order valence-corrected chi connectivity index (χ4v) is 3.59. The number of hydrogen-bond donors (Lipinski definition) is 1. The van der Waals surface area contributed by atoms with Gasteiger partial charge in [-0.25, -0.2) is 9.97 Å². The van der Waals surface area contributed by atoms with E-state index >= 15 is 0 Å². The summed E-state index contributed by atoms with van der Waals surface area (Å²) in [5, 5.41) is 4.43. The van der Waals surface area contributed by atoms with Crippen LogP contribution in [0, 0.1) is 0 Å². The van der Waals surface area contributed by atoms with Gasteiger partial charge in [0, 0.05) is 31.6 Å². The molecule has 7 heteroatoms. The number of aromatic nitrogens is 3. The number of nitrogens with one attached hydrogen (secondary N) is 1. The molecule has 0 radical (unpaired) electrons. The summed E-state index contributed by atoms with van der Waals surface area (Å²) >= 11 is 3.06. The van der Waals surface area contributed by atoms with Gasteiger partial charge >= 0.3 is 0 Å². The van der Waals surface area contributed by atoms with Crippen molar-refractivity contribution < 1.29 is 4.79 Å². The molecule has 0 spiro atoms. The Morgan fingerprint density at radius 2 is 2.29 bits per heavy atom. The summed E-state index contributed by atoms with van der Waals surface area (Å²) < 4.78 is 3.02. The summed E-state index contributed by atoms with van der Waals surface area (Å²) in [7, 11) is 1.94. The summed E-state index contributed by atoms with van der Waals surface area (Å²) in [5.74, 6) is 0.678. The van der Waals surface area contributed by atoms with Gasteiger partial charge in [0.05, 0.1) is 10.2 Å². The number of rotatable bonds is 5. The van der Waals surface area contributed by atoms with Crippen molar-refractivity contribution in [2.24, 2.45) is 7.05 Å². The Bertz CT molecular complexity index is 732. The Kier molecular flexibility index (Phi) is 4.21. The van der Waals surface area contributed by atoms with Crippen molar-refractivity contribution in [1.29, 1.82) is 0 Å². The summed E-state index contributed by atoms with van der Waals surface area (Å²) in [6.45, 7) is 0. The van der Waals surface area contributed by atoms with Crippen molar-refractivity contribution in [3.8, 4) is 0 Å². The maximum atomic E-state index is 11.9. The second kappa shape index (κ2) is 6.28. The number of carbonyl (C=O) groups is 1. The van der Waals surface area contributed by atoms with Crippen molar-refractivity contribution in [3.05, 3.63) is 36.7 Å². The van der Waals surface area contributed by atoms with E-state index in [9.17, 15) is 4.79 Å². The molecule has 5 nitrogen and oxygen atoms in total. The average molecular weight is 318 g/mol. The van der Waals surface area contributed by atoms with Gasteiger partial charge < -0.3 is 9.88 Å². The van der Waals surface area contributed by atoms with E-state index in [1.165, 1.54) is 11.3 Å². The number of nitrogens with zero attached hydrogens (tertiary/aromatic N) is 3. The summed E-state index contributed by atoms with van der Waals surface area (Å²) in [6.07, 6.45) is 4.08. The van der Waals surface area contributed by atoms with Crippen molar-refractivity contribution in [2.75, 3.05) is 11.1 Å². The molecule has 2 aromatic heterocycles. The Balaban J connectivity index is 1.53. The Morgan fingerprint density at radius 1 is 1.43 bits per heavy atom. The number of carbonyl (C=O) groups excluding carboxylic acids is 1. The zero-order chi connectivity index (χ0) is 14.7. The van der Waals surface area contributed by atoms with Gasteiger partial charge in [-0.05, 0) is 12.1 Å². The zero-order valence-electron chi connectivity index (χ0n) is 11.4. The van der Waals surface area contributed by atoms with Gasteiger partial charge in [0.1, 0.15) is 0 Å². The molecular weight excluding hydrogens is 304 g/mol. The summed E-state index contributed by atoms with van der Waals surface area (Å²) in [4.78, 5) is 20.5. The lowest BCUT2D eigenvalue weighted by atomic mass is 10.3. The van der Waals surface area contributed by atoms with E-state index in [2.05, 4.69) is 15.3 Å². The number of thioether (sulfide) groups is 1. The standard InChI is InChI=1S/C14H14N4OS2/c1-18-8-7-15-14(18)20-9-6-12(19)17-13-16-10-4-2-3-5-11(10)21-13/h2-5,7-8H,6,9H2,1H3,(H,16,17,19). The van der Waals surface area contributed by atoms with Crippen LogP contribution in [0.15, 0.2) is 41.8 Å². The van der Waals surface area contributed by atoms with Crippen LogP contribution in [0.25, 0.3) is 10.2 Å². The molecule has 0 saturated carbocycles. The third kappa shape index (κ3) is 3.43. The number of imidazole rings is 1. The smallest absolute Gasteiger partial charge is 0.226 e. The summed E-state index contributed by atoms with van der Waals surface area (Å²) in [5.41, 5.74) is 0.917. The predicted octanol–water partition coefficient (Wildman–Crippen LogP) is 3.15. The molecule has 3 aromatic rings. The number of hydrogen-bond acceptors (Lipinski definition) is 5. The van der Waals surface area contributed by atoms with Gasteiger partial charge in [-0.2, -0.15) is 0 Å². The number of amides is 1. The minimum absolute atomic E-state index is 0.0178. The molecular formula is C14H14N4OS2. The van der Waals surface area contributed by atoms with E-state index in [-0.39, 0.29) is 5.91 Å². The minimum atomic E-state index is -0.0178. The number of benzene rings is 1. The number of thiazole rings is 1. The highest BCUT2D eigenvalue weighted by Crippen LogP contribution is 2.25. The second-order valence-electron chi connectivity index (χ2n) is 4.45. The van der Waals surface area contributed by atoms with Gasteiger partial charge in [0.25, 0.3) is 0 Å². The molecule has 0 bridgehead atoms. The topological polar surface area (TPSA) is 59.8 Å². The third-order valence-corrected chi connectivity index (χ3v) is 4.89. The highest BCUT2D eigenvalue weighted by atomic mass is 32.2. The molecule has 21 heavy (non-hydrogen) atoms. The summed E-state index contributed by atoms with van der Waals surface area (Å²) in [6, 6.07) is 7.85. The first-order valence-corrected chi connectivity index (χ1v) is 8.28. The first-order chi connectivity index (χ1) is 10.2. The van der Waals surface area contributed by atoms with Gasteiger partial charge in [-0.1, -0.05) is 35.2 Å². The molecule has 0 fully saturated rings. The molecule has 2 heterocycles. The minimum Gasteiger partial charge on any atom is -0.329 e. The Morgan fingerprint density at radius 3 is 3.05 bits per heavy atom. The van der Waals surface area contributed by atoms with Crippen molar-refractivity contribution in [1.82, 2.24) is 14.5 Å². The molecule has 1 N–H and O–H groups in total. The maximum Gasteiger partial charge on any atom is 0.226 e. The SMILES string of the molecule is Cn1ccnc1SCCC(=O)Nc1nc2ccccc2s1. The van der Waals surface area contributed by atoms with Crippen molar-refractivity contribution in [3.63, 3.8) is 0 Å². The van der Waals surface area contributed by atoms with E-state index < -0.39 is 0 Å². The number of fused-ring (bicyclic) bond motifs is 1. The van der Waals surface area contributed by atoms with Crippen LogP contribution >= 0.6 is 23.1 Å². The molecule has 108 valence electrons.